The van der Waals surface area contributed by atoms with Crippen LogP contribution in [0.5, 0.6) is 0 Å². The van der Waals surface area contributed by atoms with E-state index in [1.54, 1.807) is 0 Å². The second-order valence-electron chi connectivity index (χ2n) is 10.1. The van der Waals surface area contributed by atoms with E-state index in [4.69, 9.17) is 4.74 Å². The van der Waals surface area contributed by atoms with Crippen LogP contribution < -0.4 is 5.32 Å². The van der Waals surface area contributed by atoms with Gasteiger partial charge in [0.25, 0.3) is 5.91 Å². The largest absolute Gasteiger partial charge is 0.375 e. The minimum Gasteiger partial charge on any atom is -0.375 e. The lowest BCUT2D eigenvalue weighted by molar-refractivity contribution is -0.126. The number of aromatic nitrogens is 2. The number of Topliss-reactive ketones (excluding diaryl/α,β-unsaturated/α-hetero) is 1. The molecule has 2 atom stereocenters. The molecule has 1 aromatic heterocycles. The average Bonchev–Trinajstić information content (AvgIpc) is 2.97. The SMILES string of the molecule is CCCCC(C)C(=O)[C@@H](NC(=O)c1nc(-c2ccc(F)c(F)c2)n2c1COCCC2)C(C)(C)C. The Bertz CT molecular complexity index is 1040. The van der Waals surface area contributed by atoms with E-state index in [9.17, 15) is 18.4 Å². The van der Waals surface area contributed by atoms with Crippen LogP contribution in [0.3, 0.4) is 0 Å². The molecule has 1 N–H and O–H groups in total. The number of carbonyl (C=O) groups is 2. The zero-order valence-corrected chi connectivity index (χ0v) is 20.7. The van der Waals surface area contributed by atoms with Crippen LogP contribution in [0.25, 0.3) is 11.4 Å². The molecule has 0 bridgehead atoms. The molecule has 1 aromatic carbocycles. The molecule has 0 fully saturated rings. The van der Waals surface area contributed by atoms with Crippen molar-refractivity contribution in [2.45, 2.75) is 79.5 Å². The molecule has 3 rings (SSSR count). The molecule has 2 aromatic rings. The highest BCUT2D eigenvalue weighted by molar-refractivity contribution is 5.98. The van der Waals surface area contributed by atoms with Gasteiger partial charge in [-0.3, -0.25) is 9.59 Å². The molecule has 1 aliphatic rings. The Balaban J connectivity index is 1.97. The second-order valence-corrected chi connectivity index (χ2v) is 10.1. The summed E-state index contributed by atoms with van der Waals surface area (Å²) in [5.74, 6) is -2.21. The maximum Gasteiger partial charge on any atom is 0.272 e. The Kier molecular flexibility index (Phi) is 8.23. The number of carbonyl (C=O) groups excluding carboxylic acids is 2. The van der Waals surface area contributed by atoms with E-state index in [-0.39, 0.29) is 24.0 Å². The van der Waals surface area contributed by atoms with E-state index in [2.05, 4.69) is 17.2 Å². The van der Waals surface area contributed by atoms with Gasteiger partial charge < -0.3 is 14.6 Å². The Hall–Kier alpha value is -2.61. The second kappa shape index (κ2) is 10.8. The molecule has 0 spiro atoms. The topological polar surface area (TPSA) is 73.2 Å². The van der Waals surface area contributed by atoms with Gasteiger partial charge in [0.2, 0.25) is 0 Å². The van der Waals surface area contributed by atoms with E-state index in [1.165, 1.54) is 6.07 Å². The minimum absolute atomic E-state index is 0.00308. The van der Waals surface area contributed by atoms with Gasteiger partial charge in [0.05, 0.1) is 18.3 Å². The summed E-state index contributed by atoms with van der Waals surface area (Å²) in [5.41, 5.74) is 0.583. The van der Waals surface area contributed by atoms with Gasteiger partial charge in [-0.1, -0.05) is 47.5 Å². The van der Waals surface area contributed by atoms with Crippen LogP contribution in [0.1, 0.15) is 76.5 Å². The molecule has 2 heterocycles. The lowest BCUT2D eigenvalue weighted by Crippen LogP contribution is -2.51. The number of nitrogens with zero attached hydrogens (tertiary/aromatic N) is 2. The van der Waals surface area contributed by atoms with Crippen molar-refractivity contribution in [3.05, 3.63) is 41.2 Å². The van der Waals surface area contributed by atoms with Gasteiger partial charge in [-0.05, 0) is 36.5 Å². The monoisotopic (exact) mass is 475 g/mol. The van der Waals surface area contributed by atoms with E-state index in [1.807, 2.05) is 32.3 Å². The lowest BCUT2D eigenvalue weighted by Gasteiger charge is -2.32. The van der Waals surface area contributed by atoms with Gasteiger partial charge in [-0.25, -0.2) is 13.8 Å². The van der Waals surface area contributed by atoms with Crippen molar-refractivity contribution in [1.29, 1.82) is 0 Å². The normalized spacial score (nSPS) is 15.9. The molecule has 0 radical (unpaired) electrons. The molecule has 1 unspecified atom stereocenters. The fraction of sp³-hybridized carbons (Fsp3) is 0.577. The van der Waals surface area contributed by atoms with E-state index in [0.29, 0.717) is 36.7 Å². The van der Waals surface area contributed by atoms with Crippen LogP contribution in [-0.4, -0.2) is 33.9 Å². The van der Waals surface area contributed by atoms with Crippen molar-refractivity contribution in [2.24, 2.45) is 11.3 Å². The van der Waals surface area contributed by atoms with Crippen molar-refractivity contribution in [3.63, 3.8) is 0 Å². The van der Waals surface area contributed by atoms with Gasteiger partial charge in [-0.2, -0.15) is 0 Å². The van der Waals surface area contributed by atoms with Gasteiger partial charge in [0, 0.05) is 24.6 Å². The molecule has 1 aliphatic heterocycles. The van der Waals surface area contributed by atoms with E-state index in [0.717, 1.165) is 31.4 Å². The van der Waals surface area contributed by atoms with Gasteiger partial charge in [0.1, 0.15) is 5.82 Å². The number of imidazole rings is 1. The van der Waals surface area contributed by atoms with E-state index < -0.39 is 29.0 Å². The third kappa shape index (κ3) is 5.71. The van der Waals surface area contributed by atoms with E-state index >= 15 is 0 Å². The highest BCUT2D eigenvalue weighted by Gasteiger charge is 2.36. The number of benzene rings is 1. The number of hydrogen-bond donors (Lipinski definition) is 1. The van der Waals surface area contributed by atoms with Crippen molar-refractivity contribution in [1.82, 2.24) is 14.9 Å². The first-order valence-corrected chi connectivity index (χ1v) is 12.0. The first-order valence-electron chi connectivity index (χ1n) is 12.0. The van der Waals surface area contributed by atoms with Crippen molar-refractivity contribution < 1.29 is 23.1 Å². The summed E-state index contributed by atoms with van der Waals surface area (Å²) in [6, 6.07) is 2.88. The number of nitrogens with one attached hydrogen (secondary N) is 1. The van der Waals surface area contributed by atoms with Crippen LogP contribution in [0.4, 0.5) is 8.78 Å². The summed E-state index contributed by atoms with van der Waals surface area (Å²) < 4.78 is 34.9. The summed E-state index contributed by atoms with van der Waals surface area (Å²) in [4.78, 5) is 31.3. The van der Waals surface area contributed by atoms with Gasteiger partial charge in [-0.15, -0.1) is 0 Å². The number of hydrogen-bond acceptors (Lipinski definition) is 4. The Morgan fingerprint density at radius 2 is 1.97 bits per heavy atom. The molecule has 8 heteroatoms. The fourth-order valence-corrected chi connectivity index (χ4v) is 4.26. The highest BCUT2D eigenvalue weighted by Crippen LogP contribution is 2.29. The smallest absolute Gasteiger partial charge is 0.272 e. The van der Waals surface area contributed by atoms with Crippen LogP contribution in [0.15, 0.2) is 18.2 Å². The number of halogens is 2. The average molecular weight is 476 g/mol. The quantitative estimate of drug-likeness (QED) is 0.563. The maximum absolute atomic E-state index is 13.9. The zero-order chi connectivity index (χ0) is 25.0. The number of amides is 1. The molecule has 34 heavy (non-hydrogen) atoms. The van der Waals surface area contributed by atoms with Gasteiger partial charge in [0.15, 0.2) is 23.1 Å². The first-order chi connectivity index (χ1) is 16.0. The number of unbranched alkanes of at least 4 members (excludes halogenated alkanes) is 1. The number of ketones is 1. The molecule has 0 aliphatic carbocycles. The molecule has 186 valence electrons. The van der Waals surface area contributed by atoms with Crippen molar-refractivity contribution in [3.8, 4) is 11.4 Å². The van der Waals surface area contributed by atoms with Crippen LogP contribution >= 0.6 is 0 Å². The standard InChI is InChI=1S/C26H35F2N3O3/c1-6-7-9-16(2)22(32)23(26(3,4)5)30-25(33)21-20-15-34-13-8-12-31(20)24(29-21)17-10-11-18(27)19(28)14-17/h10-11,14,16,23H,6-9,12-13,15H2,1-5H3,(H,30,33)/t16?,23-/m1/s1. The van der Waals surface area contributed by atoms with Crippen molar-refractivity contribution in [2.75, 3.05) is 6.61 Å². The minimum atomic E-state index is -0.981. The highest BCUT2D eigenvalue weighted by atomic mass is 19.2. The molecular formula is C26H35F2N3O3. The predicted molar refractivity (Wildman–Crippen MR) is 126 cm³/mol. The lowest BCUT2D eigenvalue weighted by atomic mass is 9.79. The van der Waals surface area contributed by atoms with Gasteiger partial charge >= 0.3 is 0 Å². The van der Waals surface area contributed by atoms with Crippen LogP contribution in [-0.2, 0) is 22.7 Å². The molecule has 6 nitrogen and oxygen atoms in total. The molecule has 0 saturated carbocycles. The fourth-order valence-electron chi connectivity index (χ4n) is 4.26. The summed E-state index contributed by atoms with van der Waals surface area (Å²) in [6.07, 6.45) is 3.41. The zero-order valence-electron chi connectivity index (χ0n) is 20.7. The summed E-state index contributed by atoms with van der Waals surface area (Å²) in [6.45, 7) is 11.0. The number of rotatable bonds is 8. The summed E-state index contributed by atoms with van der Waals surface area (Å²) >= 11 is 0. The molecule has 0 saturated heterocycles. The third-order valence-electron chi connectivity index (χ3n) is 6.28. The number of ether oxygens (including phenoxy) is 1. The maximum atomic E-state index is 13.9. The molecular weight excluding hydrogens is 440 g/mol. The Morgan fingerprint density at radius 3 is 2.62 bits per heavy atom. The third-order valence-corrected chi connectivity index (χ3v) is 6.28. The summed E-state index contributed by atoms with van der Waals surface area (Å²) in [5, 5.41) is 2.93. The number of fused-ring (bicyclic) bond motifs is 1. The first kappa shape index (κ1) is 26.0. The predicted octanol–water partition coefficient (Wildman–Crippen LogP) is 5.29. The van der Waals surface area contributed by atoms with Crippen LogP contribution in [0, 0.1) is 23.0 Å². The van der Waals surface area contributed by atoms with Crippen molar-refractivity contribution >= 4 is 11.7 Å². The summed E-state index contributed by atoms with van der Waals surface area (Å²) in [7, 11) is 0. The Labute approximate surface area is 200 Å². The molecule has 1 amide bonds. The Morgan fingerprint density at radius 1 is 1.24 bits per heavy atom. The van der Waals surface area contributed by atoms with Crippen LogP contribution in [0.2, 0.25) is 0 Å².